The molecule has 25 heavy (non-hydrogen) atoms. The number of benzene rings is 2. The maximum atomic E-state index is 12.4. The fourth-order valence-corrected chi connectivity index (χ4v) is 3.26. The Morgan fingerprint density at radius 3 is 2.28 bits per heavy atom. The Morgan fingerprint density at radius 1 is 1.04 bits per heavy atom. The van der Waals surface area contributed by atoms with Crippen molar-refractivity contribution in [3.8, 4) is 0 Å². The van der Waals surface area contributed by atoms with Gasteiger partial charge in [-0.2, -0.15) is 0 Å². The second-order valence-electron chi connectivity index (χ2n) is 6.38. The molecule has 0 aliphatic carbocycles. The van der Waals surface area contributed by atoms with E-state index in [0.717, 1.165) is 11.1 Å². The lowest BCUT2D eigenvalue weighted by Crippen LogP contribution is -2.27. The van der Waals surface area contributed by atoms with Gasteiger partial charge in [0.15, 0.2) is 0 Å². The van der Waals surface area contributed by atoms with Gasteiger partial charge in [0, 0.05) is 18.7 Å². The number of rotatable bonds is 7. The summed E-state index contributed by atoms with van der Waals surface area (Å²) in [6, 6.07) is 13.6. The molecule has 2 rings (SSSR count). The van der Waals surface area contributed by atoms with Gasteiger partial charge >= 0.3 is 0 Å². The summed E-state index contributed by atoms with van der Waals surface area (Å²) < 4.78 is 27.4. The number of hydrogen-bond acceptors (Lipinski definition) is 3. The van der Waals surface area contributed by atoms with Crippen molar-refractivity contribution in [2.24, 2.45) is 5.92 Å². The van der Waals surface area contributed by atoms with Gasteiger partial charge in [-0.05, 0) is 48.2 Å². The molecule has 134 valence electrons. The predicted molar refractivity (Wildman–Crippen MR) is 98.8 cm³/mol. The molecule has 0 aliphatic rings. The standard InChI is InChI=1S/C19H24N2O3S/c1-14(2)12-20-19(22)16-8-10-18(11-9-16)25(23,24)21-13-17-7-5-4-6-15(17)3/h4-11,14,21H,12-13H2,1-3H3,(H,20,22). The highest BCUT2D eigenvalue weighted by atomic mass is 32.2. The van der Waals surface area contributed by atoms with Crippen molar-refractivity contribution >= 4 is 15.9 Å². The Morgan fingerprint density at radius 2 is 1.68 bits per heavy atom. The molecule has 0 spiro atoms. The van der Waals surface area contributed by atoms with E-state index < -0.39 is 10.0 Å². The maximum Gasteiger partial charge on any atom is 0.251 e. The topological polar surface area (TPSA) is 75.3 Å². The molecule has 0 fully saturated rings. The average molecular weight is 360 g/mol. The van der Waals surface area contributed by atoms with Crippen molar-refractivity contribution in [3.05, 3.63) is 65.2 Å². The van der Waals surface area contributed by atoms with Crippen LogP contribution in [0, 0.1) is 12.8 Å². The minimum absolute atomic E-state index is 0.140. The van der Waals surface area contributed by atoms with Gasteiger partial charge < -0.3 is 5.32 Å². The molecule has 1 amide bonds. The zero-order chi connectivity index (χ0) is 18.4. The Hall–Kier alpha value is -2.18. The number of aryl methyl sites for hydroxylation is 1. The van der Waals surface area contributed by atoms with Crippen LogP contribution in [0.4, 0.5) is 0 Å². The zero-order valence-corrected chi connectivity index (χ0v) is 15.6. The van der Waals surface area contributed by atoms with Gasteiger partial charge in [0.25, 0.3) is 5.91 Å². The lowest BCUT2D eigenvalue weighted by Gasteiger charge is -2.10. The smallest absolute Gasteiger partial charge is 0.251 e. The number of carbonyl (C=O) groups is 1. The van der Waals surface area contributed by atoms with Crippen molar-refractivity contribution in [2.45, 2.75) is 32.2 Å². The summed E-state index contributed by atoms with van der Waals surface area (Å²) >= 11 is 0. The molecule has 0 atom stereocenters. The van der Waals surface area contributed by atoms with Crippen LogP contribution in [0.5, 0.6) is 0 Å². The van der Waals surface area contributed by atoms with E-state index in [1.54, 1.807) is 0 Å². The summed E-state index contributed by atoms with van der Waals surface area (Å²) in [6.45, 7) is 6.77. The van der Waals surface area contributed by atoms with E-state index in [4.69, 9.17) is 0 Å². The van der Waals surface area contributed by atoms with Gasteiger partial charge in [-0.1, -0.05) is 38.1 Å². The fourth-order valence-electron chi connectivity index (χ4n) is 2.25. The number of hydrogen-bond donors (Lipinski definition) is 2. The Bertz CT molecular complexity index is 828. The highest BCUT2D eigenvalue weighted by molar-refractivity contribution is 7.89. The van der Waals surface area contributed by atoms with Crippen LogP contribution in [-0.2, 0) is 16.6 Å². The third-order valence-electron chi connectivity index (χ3n) is 3.81. The largest absolute Gasteiger partial charge is 0.352 e. The van der Waals surface area contributed by atoms with E-state index in [0.29, 0.717) is 18.0 Å². The SMILES string of the molecule is Cc1ccccc1CNS(=O)(=O)c1ccc(C(=O)NCC(C)C)cc1. The van der Waals surface area contributed by atoms with Gasteiger partial charge in [-0.25, -0.2) is 13.1 Å². The van der Waals surface area contributed by atoms with Crippen molar-refractivity contribution in [2.75, 3.05) is 6.54 Å². The van der Waals surface area contributed by atoms with E-state index in [2.05, 4.69) is 10.0 Å². The number of nitrogens with one attached hydrogen (secondary N) is 2. The monoisotopic (exact) mass is 360 g/mol. The second-order valence-corrected chi connectivity index (χ2v) is 8.15. The maximum absolute atomic E-state index is 12.4. The van der Waals surface area contributed by atoms with Crippen molar-refractivity contribution in [3.63, 3.8) is 0 Å². The summed E-state index contributed by atoms with van der Waals surface area (Å²) in [5, 5.41) is 2.81. The zero-order valence-electron chi connectivity index (χ0n) is 14.7. The van der Waals surface area contributed by atoms with Crippen molar-refractivity contribution in [1.82, 2.24) is 10.0 Å². The van der Waals surface area contributed by atoms with Gasteiger partial charge in [-0.15, -0.1) is 0 Å². The molecule has 0 saturated heterocycles. The van der Waals surface area contributed by atoms with E-state index in [1.807, 2.05) is 45.0 Å². The summed E-state index contributed by atoms with van der Waals surface area (Å²) in [4.78, 5) is 12.1. The van der Waals surface area contributed by atoms with Crippen LogP contribution in [-0.4, -0.2) is 20.9 Å². The molecule has 0 aromatic heterocycles. The molecule has 2 N–H and O–H groups in total. The highest BCUT2D eigenvalue weighted by Gasteiger charge is 2.15. The van der Waals surface area contributed by atoms with E-state index in [9.17, 15) is 13.2 Å². The van der Waals surface area contributed by atoms with Crippen molar-refractivity contribution < 1.29 is 13.2 Å². The van der Waals surface area contributed by atoms with Crippen LogP contribution in [0.2, 0.25) is 0 Å². The summed E-state index contributed by atoms with van der Waals surface area (Å²) in [5.74, 6) is 0.153. The summed E-state index contributed by atoms with van der Waals surface area (Å²) in [7, 11) is -3.63. The molecule has 0 saturated carbocycles. The predicted octanol–water partition coefficient (Wildman–Crippen LogP) is 2.86. The lowest BCUT2D eigenvalue weighted by atomic mass is 10.1. The minimum Gasteiger partial charge on any atom is -0.352 e. The van der Waals surface area contributed by atoms with E-state index in [1.165, 1.54) is 24.3 Å². The van der Waals surface area contributed by atoms with E-state index >= 15 is 0 Å². The average Bonchev–Trinajstić information content (AvgIpc) is 2.59. The highest BCUT2D eigenvalue weighted by Crippen LogP contribution is 2.13. The molecule has 6 heteroatoms. The fraction of sp³-hybridized carbons (Fsp3) is 0.316. The summed E-state index contributed by atoms with van der Waals surface area (Å²) in [6.07, 6.45) is 0. The molecular weight excluding hydrogens is 336 g/mol. The first-order valence-corrected chi connectivity index (χ1v) is 9.70. The molecule has 2 aromatic rings. The molecule has 0 aliphatic heterocycles. The lowest BCUT2D eigenvalue weighted by molar-refractivity contribution is 0.0949. The van der Waals surface area contributed by atoms with Gasteiger partial charge in [0.05, 0.1) is 4.90 Å². The molecule has 0 radical (unpaired) electrons. The molecule has 2 aromatic carbocycles. The van der Waals surface area contributed by atoms with E-state index in [-0.39, 0.29) is 17.3 Å². The number of sulfonamides is 1. The van der Waals surface area contributed by atoms with Crippen LogP contribution in [0.15, 0.2) is 53.4 Å². The molecular formula is C19H24N2O3S. The molecule has 0 heterocycles. The Labute approximate surface area is 149 Å². The van der Waals surface area contributed by atoms with Crippen LogP contribution in [0.3, 0.4) is 0 Å². The second kappa shape index (κ2) is 8.27. The van der Waals surface area contributed by atoms with Gasteiger partial charge in [0.1, 0.15) is 0 Å². The van der Waals surface area contributed by atoms with Crippen LogP contribution >= 0.6 is 0 Å². The first-order chi connectivity index (χ1) is 11.8. The first kappa shape index (κ1) is 19.1. The summed E-state index contributed by atoms with van der Waals surface area (Å²) in [5.41, 5.74) is 2.40. The molecule has 5 nitrogen and oxygen atoms in total. The van der Waals surface area contributed by atoms with Gasteiger partial charge in [-0.3, -0.25) is 4.79 Å². The number of amides is 1. The minimum atomic E-state index is -3.63. The van der Waals surface area contributed by atoms with Crippen molar-refractivity contribution in [1.29, 1.82) is 0 Å². The third-order valence-corrected chi connectivity index (χ3v) is 5.23. The number of carbonyl (C=O) groups excluding carboxylic acids is 1. The quantitative estimate of drug-likeness (QED) is 0.797. The molecule has 0 unspecified atom stereocenters. The van der Waals surface area contributed by atoms with Crippen LogP contribution < -0.4 is 10.0 Å². The first-order valence-electron chi connectivity index (χ1n) is 8.22. The van der Waals surface area contributed by atoms with Gasteiger partial charge in [0.2, 0.25) is 10.0 Å². The Balaban J connectivity index is 2.05. The molecule has 0 bridgehead atoms. The normalized spacial score (nSPS) is 11.5. The van der Waals surface area contributed by atoms with Crippen LogP contribution in [0.25, 0.3) is 0 Å². The van der Waals surface area contributed by atoms with Crippen LogP contribution in [0.1, 0.15) is 35.3 Å². The Kier molecular flexibility index (Phi) is 6.33. The third kappa shape index (κ3) is 5.41.